The zero-order valence-corrected chi connectivity index (χ0v) is 16.3. The van der Waals surface area contributed by atoms with Gasteiger partial charge in [-0.05, 0) is 50.2 Å². The van der Waals surface area contributed by atoms with Gasteiger partial charge in [0.25, 0.3) is 5.56 Å². The molecule has 2 aromatic carbocycles. The van der Waals surface area contributed by atoms with E-state index in [2.05, 4.69) is 10.3 Å². The number of nitrogens with one attached hydrogen (secondary N) is 1. The van der Waals surface area contributed by atoms with Gasteiger partial charge in [-0.3, -0.25) is 14.2 Å². The molecule has 6 nitrogen and oxygen atoms in total. The van der Waals surface area contributed by atoms with Crippen molar-refractivity contribution in [2.45, 2.75) is 26.8 Å². The first-order chi connectivity index (χ1) is 13.9. The van der Waals surface area contributed by atoms with Crippen molar-refractivity contribution in [1.29, 1.82) is 0 Å². The van der Waals surface area contributed by atoms with E-state index < -0.39 is 11.4 Å². The highest BCUT2D eigenvalue weighted by Crippen LogP contribution is 2.18. The first-order valence-corrected chi connectivity index (χ1v) is 9.22. The summed E-state index contributed by atoms with van der Waals surface area (Å²) in [6, 6.07) is 12.9. The molecule has 150 valence electrons. The van der Waals surface area contributed by atoms with Crippen LogP contribution in [0.3, 0.4) is 0 Å². The van der Waals surface area contributed by atoms with Gasteiger partial charge in [0.15, 0.2) is 0 Å². The predicted octanol–water partition coefficient (Wildman–Crippen LogP) is 2.84. The minimum absolute atomic E-state index is 0.140. The quantitative estimate of drug-likeness (QED) is 0.672. The molecule has 0 aliphatic rings. The fraction of sp³-hybridized carbons (Fsp3) is 0.227. The van der Waals surface area contributed by atoms with E-state index >= 15 is 0 Å². The number of aromatic nitrogens is 2. The number of carbonyl (C=O) groups is 1. The number of halogens is 1. The molecule has 0 spiro atoms. The molecule has 0 saturated carbocycles. The van der Waals surface area contributed by atoms with Gasteiger partial charge in [-0.1, -0.05) is 17.7 Å². The van der Waals surface area contributed by atoms with Crippen LogP contribution in [-0.2, 0) is 17.8 Å². The number of rotatable bonds is 6. The average Bonchev–Trinajstić information content (AvgIpc) is 2.69. The number of aliphatic hydroxyl groups is 1. The monoisotopic (exact) mass is 395 g/mol. The molecule has 1 amide bonds. The lowest BCUT2D eigenvalue weighted by atomic mass is 10.1. The summed E-state index contributed by atoms with van der Waals surface area (Å²) in [5.74, 6) is -0.526. The van der Waals surface area contributed by atoms with Crippen LogP contribution in [0.4, 0.5) is 10.1 Å². The van der Waals surface area contributed by atoms with Crippen LogP contribution in [0.15, 0.2) is 53.3 Å². The van der Waals surface area contributed by atoms with Crippen molar-refractivity contribution in [3.8, 4) is 11.4 Å². The third-order valence-corrected chi connectivity index (χ3v) is 4.57. The number of benzene rings is 2. The van der Waals surface area contributed by atoms with Crippen LogP contribution in [-0.4, -0.2) is 27.2 Å². The summed E-state index contributed by atoms with van der Waals surface area (Å²) in [6.07, 6.45) is 0.140. The average molecular weight is 395 g/mol. The fourth-order valence-corrected chi connectivity index (χ4v) is 3.05. The molecular weight excluding hydrogens is 373 g/mol. The van der Waals surface area contributed by atoms with Crippen molar-refractivity contribution >= 4 is 11.6 Å². The Labute approximate surface area is 167 Å². The molecule has 29 heavy (non-hydrogen) atoms. The Bertz CT molecular complexity index is 1070. The molecule has 1 heterocycles. The van der Waals surface area contributed by atoms with Gasteiger partial charge >= 0.3 is 0 Å². The molecule has 7 heteroatoms. The Morgan fingerprint density at radius 2 is 1.76 bits per heavy atom. The molecular formula is C22H22FN3O3. The van der Waals surface area contributed by atoms with Crippen molar-refractivity contribution in [3.63, 3.8) is 0 Å². The molecule has 2 N–H and O–H groups in total. The molecule has 0 unspecified atom stereocenters. The summed E-state index contributed by atoms with van der Waals surface area (Å²) in [4.78, 5) is 30.1. The Hall–Kier alpha value is -3.32. The van der Waals surface area contributed by atoms with Gasteiger partial charge in [-0.15, -0.1) is 0 Å². The van der Waals surface area contributed by atoms with Crippen molar-refractivity contribution in [2.24, 2.45) is 0 Å². The number of aryl methyl sites for hydroxylation is 2. The van der Waals surface area contributed by atoms with Gasteiger partial charge < -0.3 is 10.4 Å². The van der Waals surface area contributed by atoms with Crippen LogP contribution in [0.2, 0.25) is 0 Å². The number of anilines is 1. The minimum atomic E-state index is -0.409. The van der Waals surface area contributed by atoms with Gasteiger partial charge in [-0.2, -0.15) is 0 Å². The van der Waals surface area contributed by atoms with Crippen molar-refractivity contribution in [3.05, 3.63) is 81.5 Å². The summed E-state index contributed by atoms with van der Waals surface area (Å²) in [5.41, 5.74) is 2.62. The second-order valence-corrected chi connectivity index (χ2v) is 6.79. The SMILES string of the molecule is Cc1ccc(NC(=O)Cn2c(-c3ccc(F)cc3)nc(C)c(CCO)c2=O)cc1. The summed E-state index contributed by atoms with van der Waals surface area (Å²) in [7, 11) is 0. The first-order valence-electron chi connectivity index (χ1n) is 9.22. The van der Waals surface area contributed by atoms with E-state index in [0.29, 0.717) is 22.5 Å². The molecule has 0 atom stereocenters. The van der Waals surface area contributed by atoms with E-state index in [1.54, 1.807) is 19.1 Å². The number of hydrogen-bond donors (Lipinski definition) is 2. The third kappa shape index (κ3) is 4.75. The fourth-order valence-electron chi connectivity index (χ4n) is 3.05. The Balaban J connectivity index is 2.01. The van der Waals surface area contributed by atoms with Gasteiger partial charge in [0, 0.05) is 35.5 Å². The number of carbonyl (C=O) groups excluding carboxylic acids is 1. The maximum Gasteiger partial charge on any atom is 0.257 e. The predicted molar refractivity (Wildman–Crippen MR) is 109 cm³/mol. The number of amides is 1. The lowest BCUT2D eigenvalue weighted by Gasteiger charge is -2.16. The summed E-state index contributed by atoms with van der Waals surface area (Å²) < 4.78 is 14.6. The topological polar surface area (TPSA) is 84.2 Å². The highest BCUT2D eigenvalue weighted by atomic mass is 19.1. The van der Waals surface area contributed by atoms with Crippen molar-refractivity contribution < 1.29 is 14.3 Å². The standard InChI is InChI=1S/C22H22FN3O3/c1-14-3-9-18(10-4-14)25-20(28)13-26-21(16-5-7-17(23)8-6-16)24-15(2)19(11-12-27)22(26)29/h3-10,27H,11-13H2,1-2H3,(H,25,28). The Kier molecular flexibility index (Phi) is 6.19. The van der Waals surface area contributed by atoms with Crippen LogP contribution in [0.25, 0.3) is 11.4 Å². The van der Waals surface area contributed by atoms with Crippen molar-refractivity contribution in [1.82, 2.24) is 9.55 Å². The third-order valence-electron chi connectivity index (χ3n) is 4.57. The number of aliphatic hydroxyl groups excluding tert-OH is 1. The largest absolute Gasteiger partial charge is 0.396 e. The van der Waals surface area contributed by atoms with E-state index in [9.17, 15) is 19.1 Å². The highest BCUT2D eigenvalue weighted by molar-refractivity contribution is 5.90. The molecule has 0 bridgehead atoms. The zero-order chi connectivity index (χ0) is 21.0. The van der Waals surface area contributed by atoms with Crippen LogP contribution < -0.4 is 10.9 Å². The number of nitrogens with zero attached hydrogens (tertiary/aromatic N) is 2. The smallest absolute Gasteiger partial charge is 0.257 e. The zero-order valence-electron chi connectivity index (χ0n) is 16.3. The lowest BCUT2D eigenvalue weighted by molar-refractivity contribution is -0.116. The summed E-state index contributed by atoms with van der Waals surface area (Å²) >= 11 is 0. The van der Waals surface area contributed by atoms with E-state index in [1.807, 2.05) is 19.1 Å². The van der Waals surface area contributed by atoms with Gasteiger partial charge in [0.05, 0.1) is 0 Å². The van der Waals surface area contributed by atoms with Gasteiger partial charge in [-0.25, -0.2) is 9.37 Å². The van der Waals surface area contributed by atoms with Crippen molar-refractivity contribution in [2.75, 3.05) is 11.9 Å². The van der Waals surface area contributed by atoms with Crippen LogP contribution in [0.5, 0.6) is 0 Å². The second-order valence-electron chi connectivity index (χ2n) is 6.79. The van der Waals surface area contributed by atoms with E-state index in [4.69, 9.17) is 0 Å². The molecule has 0 fully saturated rings. The van der Waals surface area contributed by atoms with Gasteiger partial charge in [0.1, 0.15) is 18.2 Å². The van der Waals surface area contributed by atoms with E-state index in [-0.39, 0.29) is 31.3 Å². The van der Waals surface area contributed by atoms with Gasteiger partial charge in [0.2, 0.25) is 5.91 Å². The Morgan fingerprint density at radius 1 is 1.10 bits per heavy atom. The molecule has 0 aliphatic carbocycles. The lowest BCUT2D eigenvalue weighted by Crippen LogP contribution is -2.33. The molecule has 1 aromatic heterocycles. The molecule has 3 rings (SSSR count). The van der Waals surface area contributed by atoms with Crippen LogP contribution in [0, 0.1) is 19.7 Å². The van der Waals surface area contributed by atoms with E-state index in [0.717, 1.165) is 5.56 Å². The van der Waals surface area contributed by atoms with E-state index in [1.165, 1.54) is 28.8 Å². The maximum absolute atomic E-state index is 13.3. The maximum atomic E-state index is 13.3. The molecule has 3 aromatic rings. The summed E-state index contributed by atoms with van der Waals surface area (Å²) in [5, 5.41) is 12.0. The summed E-state index contributed by atoms with van der Waals surface area (Å²) in [6.45, 7) is 3.16. The first kappa shape index (κ1) is 20.4. The second kappa shape index (κ2) is 8.79. The van der Waals surface area contributed by atoms with Crippen LogP contribution >= 0.6 is 0 Å². The normalized spacial score (nSPS) is 10.8. The minimum Gasteiger partial charge on any atom is -0.396 e. The molecule has 0 aliphatic heterocycles. The van der Waals surface area contributed by atoms with Crippen LogP contribution in [0.1, 0.15) is 16.8 Å². The Morgan fingerprint density at radius 3 is 2.38 bits per heavy atom. The molecule has 0 radical (unpaired) electrons. The molecule has 0 saturated heterocycles. The number of hydrogen-bond acceptors (Lipinski definition) is 4. The highest BCUT2D eigenvalue weighted by Gasteiger charge is 2.18.